The quantitative estimate of drug-likeness (QED) is 0.552. The van der Waals surface area contributed by atoms with Crippen molar-refractivity contribution in [1.29, 1.82) is 5.26 Å². The molecule has 150 valence electrons. The van der Waals surface area contributed by atoms with Crippen LogP contribution in [0.5, 0.6) is 0 Å². The van der Waals surface area contributed by atoms with E-state index >= 15 is 0 Å². The molecular formula is C21H27N3O3S. The summed E-state index contributed by atoms with van der Waals surface area (Å²) in [5.74, 6) is 0.561. The van der Waals surface area contributed by atoms with Gasteiger partial charge >= 0.3 is 5.97 Å². The number of pyridine rings is 1. The van der Waals surface area contributed by atoms with E-state index in [1.54, 1.807) is 13.8 Å². The Balaban J connectivity index is 1.70. The van der Waals surface area contributed by atoms with E-state index in [4.69, 9.17) is 4.74 Å². The number of piperidine rings is 1. The molecule has 2 heterocycles. The number of thioether (sulfide) groups is 1. The Hall–Kier alpha value is -2.07. The first-order valence-corrected chi connectivity index (χ1v) is 11.0. The van der Waals surface area contributed by atoms with Crippen molar-refractivity contribution in [2.75, 3.05) is 18.9 Å². The van der Waals surface area contributed by atoms with Crippen molar-refractivity contribution >= 4 is 23.6 Å². The number of fused-ring (bicyclic) bond motifs is 1. The van der Waals surface area contributed by atoms with E-state index in [1.807, 2.05) is 0 Å². The average Bonchev–Trinajstić information content (AvgIpc) is 2.71. The highest BCUT2D eigenvalue weighted by Crippen LogP contribution is 2.36. The molecule has 0 spiro atoms. The van der Waals surface area contributed by atoms with Crippen molar-refractivity contribution < 1.29 is 14.3 Å². The molecule has 2 aliphatic rings. The van der Waals surface area contributed by atoms with E-state index in [1.165, 1.54) is 43.5 Å². The number of nitrogens with zero attached hydrogens (tertiary/aromatic N) is 3. The number of esters is 1. The van der Waals surface area contributed by atoms with Gasteiger partial charge in [0.25, 0.3) is 0 Å². The summed E-state index contributed by atoms with van der Waals surface area (Å²) in [5.41, 5.74) is 1.12. The minimum atomic E-state index is -0.478. The molecule has 1 aromatic rings. The number of aryl methyl sites for hydroxylation is 1. The van der Waals surface area contributed by atoms with Crippen LogP contribution in [0.2, 0.25) is 0 Å². The predicted octanol–water partition coefficient (Wildman–Crippen LogP) is 3.71. The zero-order valence-electron chi connectivity index (χ0n) is 16.6. The number of hydrogen-bond acceptors (Lipinski definition) is 6. The van der Waals surface area contributed by atoms with Crippen LogP contribution in [0, 0.1) is 24.2 Å². The SMILES string of the molecule is CCOC(=O)c1cc(C#N)c(SCC(=O)N2CCC[C@@H]3CCCC[C@@H]32)nc1C. The highest BCUT2D eigenvalue weighted by atomic mass is 32.2. The van der Waals surface area contributed by atoms with Crippen LogP contribution in [0.15, 0.2) is 11.1 Å². The van der Waals surface area contributed by atoms with E-state index in [9.17, 15) is 14.9 Å². The van der Waals surface area contributed by atoms with Gasteiger partial charge in [0.2, 0.25) is 5.91 Å². The van der Waals surface area contributed by atoms with Crippen molar-refractivity contribution in [1.82, 2.24) is 9.88 Å². The lowest BCUT2D eigenvalue weighted by molar-refractivity contribution is -0.134. The zero-order valence-corrected chi connectivity index (χ0v) is 17.4. The third kappa shape index (κ3) is 4.49. The number of carbonyl (C=O) groups is 2. The lowest BCUT2D eigenvalue weighted by Gasteiger charge is -2.44. The van der Waals surface area contributed by atoms with Gasteiger partial charge in [0.1, 0.15) is 11.1 Å². The Labute approximate surface area is 170 Å². The summed E-state index contributed by atoms with van der Waals surface area (Å²) in [7, 11) is 0. The molecule has 0 bridgehead atoms. The van der Waals surface area contributed by atoms with E-state index in [2.05, 4.69) is 16.0 Å². The second kappa shape index (κ2) is 9.42. The third-order valence-corrected chi connectivity index (χ3v) is 6.67. The molecule has 1 aliphatic carbocycles. The molecule has 7 heteroatoms. The van der Waals surface area contributed by atoms with Crippen LogP contribution in [0.4, 0.5) is 0 Å². The van der Waals surface area contributed by atoms with Gasteiger partial charge in [0.05, 0.1) is 29.2 Å². The van der Waals surface area contributed by atoms with Crippen LogP contribution in [0.25, 0.3) is 0 Å². The Morgan fingerprint density at radius 3 is 2.82 bits per heavy atom. The van der Waals surface area contributed by atoms with Gasteiger partial charge in [-0.1, -0.05) is 24.6 Å². The van der Waals surface area contributed by atoms with Gasteiger partial charge in [0.15, 0.2) is 0 Å². The van der Waals surface area contributed by atoms with Gasteiger partial charge in [-0.2, -0.15) is 5.26 Å². The summed E-state index contributed by atoms with van der Waals surface area (Å²) in [5, 5.41) is 9.96. The highest BCUT2D eigenvalue weighted by Gasteiger charge is 2.35. The van der Waals surface area contributed by atoms with E-state index in [0.717, 1.165) is 19.4 Å². The smallest absolute Gasteiger partial charge is 0.340 e. The fraction of sp³-hybridized carbons (Fsp3) is 0.619. The van der Waals surface area contributed by atoms with Gasteiger partial charge in [-0.3, -0.25) is 4.79 Å². The molecule has 2 fully saturated rings. The molecule has 0 radical (unpaired) electrons. The number of nitriles is 1. The molecule has 1 amide bonds. The van der Waals surface area contributed by atoms with Crippen LogP contribution >= 0.6 is 11.8 Å². The van der Waals surface area contributed by atoms with Crippen molar-refractivity contribution in [3.05, 3.63) is 22.9 Å². The lowest BCUT2D eigenvalue weighted by atomic mass is 9.78. The maximum atomic E-state index is 12.9. The number of hydrogen-bond donors (Lipinski definition) is 0. The van der Waals surface area contributed by atoms with E-state index < -0.39 is 5.97 Å². The molecule has 1 saturated carbocycles. The fourth-order valence-electron chi connectivity index (χ4n) is 4.34. The molecule has 0 aromatic carbocycles. The Bertz CT molecular complexity index is 788. The van der Waals surface area contributed by atoms with Crippen LogP contribution in [-0.2, 0) is 9.53 Å². The van der Waals surface area contributed by atoms with Gasteiger partial charge < -0.3 is 9.64 Å². The standard InChI is InChI=1S/C21H27N3O3S/c1-3-27-21(26)17-11-16(12-22)20(23-14(17)2)28-13-19(25)24-10-6-8-15-7-4-5-9-18(15)24/h11,15,18H,3-10,13H2,1-2H3/t15-,18-/m0/s1. The first-order chi connectivity index (χ1) is 13.5. The highest BCUT2D eigenvalue weighted by molar-refractivity contribution is 8.00. The number of rotatable bonds is 5. The summed E-state index contributed by atoms with van der Waals surface area (Å²) in [6.45, 7) is 4.55. The second-order valence-electron chi connectivity index (χ2n) is 7.44. The number of aromatic nitrogens is 1. The summed E-state index contributed by atoms with van der Waals surface area (Å²) in [4.78, 5) is 31.4. The molecule has 0 N–H and O–H groups in total. The Kier molecular flexibility index (Phi) is 6.95. The minimum Gasteiger partial charge on any atom is -0.462 e. The molecule has 0 unspecified atom stereocenters. The predicted molar refractivity (Wildman–Crippen MR) is 107 cm³/mol. The number of likely N-dealkylation sites (tertiary alicyclic amines) is 1. The third-order valence-electron chi connectivity index (χ3n) is 5.69. The number of carbonyl (C=O) groups excluding carboxylic acids is 2. The molecule has 2 atom stereocenters. The monoisotopic (exact) mass is 401 g/mol. The fourth-order valence-corrected chi connectivity index (χ4v) is 5.22. The maximum absolute atomic E-state index is 12.9. The number of ether oxygens (including phenoxy) is 1. The van der Waals surface area contributed by atoms with Crippen LogP contribution in [0.3, 0.4) is 0 Å². The van der Waals surface area contributed by atoms with Gasteiger partial charge in [-0.15, -0.1) is 0 Å². The molecule has 1 aliphatic heterocycles. The van der Waals surface area contributed by atoms with Crippen LogP contribution in [-0.4, -0.2) is 46.7 Å². The van der Waals surface area contributed by atoms with Gasteiger partial charge in [0, 0.05) is 12.6 Å². The second-order valence-corrected chi connectivity index (χ2v) is 8.40. The maximum Gasteiger partial charge on any atom is 0.340 e. The van der Waals surface area contributed by atoms with Crippen molar-refractivity contribution in [2.24, 2.45) is 5.92 Å². The Morgan fingerprint density at radius 2 is 2.07 bits per heavy atom. The van der Waals surface area contributed by atoms with Crippen molar-refractivity contribution in [2.45, 2.75) is 63.4 Å². The van der Waals surface area contributed by atoms with Crippen LogP contribution in [0.1, 0.15) is 67.1 Å². The molecule has 6 nitrogen and oxygen atoms in total. The van der Waals surface area contributed by atoms with Crippen molar-refractivity contribution in [3.63, 3.8) is 0 Å². The largest absolute Gasteiger partial charge is 0.462 e. The van der Waals surface area contributed by atoms with E-state index in [-0.39, 0.29) is 18.3 Å². The molecule has 1 saturated heterocycles. The summed E-state index contributed by atoms with van der Waals surface area (Å²) in [6.07, 6.45) is 7.13. The van der Waals surface area contributed by atoms with Crippen LogP contribution < -0.4 is 0 Å². The molecular weight excluding hydrogens is 374 g/mol. The normalized spacial score (nSPS) is 21.5. The Morgan fingerprint density at radius 1 is 1.32 bits per heavy atom. The van der Waals surface area contributed by atoms with Crippen molar-refractivity contribution in [3.8, 4) is 6.07 Å². The topological polar surface area (TPSA) is 83.3 Å². The van der Waals surface area contributed by atoms with E-state index in [0.29, 0.717) is 33.8 Å². The summed E-state index contributed by atoms with van der Waals surface area (Å²) >= 11 is 1.28. The molecule has 3 rings (SSSR count). The first-order valence-electron chi connectivity index (χ1n) is 10.1. The average molecular weight is 402 g/mol. The summed E-state index contributed by atoms with van der Waals surface area (Å²) < 4.78 is 5.02. The molecule has 28 heavy (non-hydrogen) atoms. The zero-order chi connectivity index (χ0) is 20.1. The molecule has 1 aromatic heterocycles. The lowest BCUT2D eigenvalue weighted by Crippen LogP contribution is -2.50. The minimum absolute atomic E-state index is 0.124. The first kappa shape index (κ1) is 20.7. The summed E-state index contributed by atoms with van der Waals surface area (Å²) in [6, 6.07) is 3.99. The number of amides is 1. The van der Waals surface area contributed by atoms with Gasteiger partial charge in [-0.05, 0) is 51.5 Å². The van der Waals surface area contributed by atoms with Gasteiger partial charge in [-0.25, -0.2) is 9.78 Å².